The van der Waals surface area contributed by atoms with Crippen LogP contribution in [-0.2, 0) is 4.79 Å². The van der Waals surface area contributed by atoms with Crippen LogP contribution in [0.5, 0.6) is 0 Å². The third-order valence-corrected chi connectivity index (χ3v) is 2.56. The van der Waals surface area contributed by atoms with E-state index in [0.717, 1.165) is 5.69 Å². The highest BCUT2D eigenvalue weighted by Gasteiger charge is 2.21. The standard InChI is InChI=1S/C11H13N3OS/c15-10-6-9(7-12-10)14-11(16)13-8-4-2-1-3-5-8/h1-5,9H,6-7H2,(H,12,15)(H2,13,14,16). The second-order valence-corrected chi connectivity index (χ2v) is 4.08. The average molecular weight is 235 g/mol. The van der Waals surface area contributed by atoms with Crippen molar-refractivity contribution in [1.82, 2.24) is 10.6 Å². The van der Waals surface area contributed by atoms with Gasteiger partial charge in [-0.25, -0.2) is 0 Å². The molecule has 3 N–H and O–H groups in total. The lowest BCUT2D eigenvalue weighted by Crippen LogP contribution is -2.38. The van der Waals surface area contributed by atoms with E-state index in [1.165, 1.54) is 0 Å². The Morgan fingerprint density at radius 1 is 1.38 bits per heavy atom. The van der Waals surface area contributed by atoms with Crippen LogP contribution in [-0.4, -0.2) is 23.6 Å². The number of benzene rings is 1. The van der Waals surface area contributed by atoms with Gasteiger partial charge in [-0.05, 0) is 24.4 Å². The molecule has 0 aliphatic carbocycles. The lowest BCUT2D eigenvalue weighted by molar-refractivity contribution is -0.119. The molecule has 1 aromatic carbocycles. The van der Waals surface area contributed by atoms with E-state index in [1.807, 2.05) is 30.3 Å². The van der Waals surface area contributed by atoms with Crippen LogP contribution in [0, 0.1) is 0 Å². The average Bonchev–Trinajstić information content (AvgIpc) is 2.65. The SMILES string of the molecule is O=C1CC(NC(=S)Nc2ccccc2)CN1. The highest BCUT2D eigenvalue weighted by atomic mass is 32.1. The summed E-state index contributed by atoms with van der Waals surface area (Å²) in [6.45, 7) is 0.634. The first-order chi connectivity index (χ1) is 7.74. The van der Waals surface area contributed by atoms with Crippen molar-refractivity contribution in [3.63, 3.8) is 0 Å². The largest absolute Gasteiger partial charge is 0.357 e. The summed E-state index contributed by atoms with van der Waals surface area (Å²) >= 11 is 5.15. The molecule has 16 heavy (non-hydrogen) atoms. The molecule has 0 radical (unpaired) electrons. The first kappa shape index (κ1) is 10.9. The molecule has 1 aliphatic rings. The van der Waals surface area contributed by atoms with E-state index in [2.05, 4.69) is 16.0 Å². The van der Waals surface area contributed by atoms with Crippen LogP contribution in [0.1, 0.15) is 6.42 Å². The Morgan fingerprint density at radius 2 is 2.12 bits per heavy atom. The Labute approximate surface area is 99.4 Å². The summed E-state index contributed by atoms with van der Waals surface area (Å²) in [4.78, 5) is 11.0. The second-order valence-electron chi connectivity index (χ2n) is 3.67. The molecule has 0 bridgehead atoms. The molecule has 1 saturated heterocycles. The molecular formula is C11H13N3OS. The van der Waals surface area contributed by atoms with E-state index >= 15 is 0 Å². The Balaban J connectivity index is 1.83. The van der Waals surface area contributed by atoms with Gasteiger partial charge in [0.05, 0.1) is 6.04 Å². The van der Waals surface area contributed by atoms with Crippen molar-refractivity contribution in [1.29, 1.82) is 0 Å². The Kier molecular flexibility index (Phi) is 3.36. The number of amides is 1. The summed E-state index contributed by atoms with van der Waals surface area (Å²) in [6.07, 6.45) is 0.483. The highest BCUT2D eigenvalue weighted by molar-refractivity contribution is 7.80. The molecule has 1 atom stereocenters. The van der Waals surface area contributed by atoms with E-state index in [4.69, 9.17) is 12.2 Å². The van der Waals surface area contributed by atoms with E-state index in [0.29, 0.717) is 18.1 Å². The fourth-order valence-electron chi connectivity index (χ4n) is 1.58. The molecule has 1 unspecified atom stereocenters. The van der Waals surface area contributed by atoms with Crippen molar-refractivity contribution >= 4 is 28.9 Å². The maximum absolute atomic E-state index is 11.0. The fraction of sp³-hybridized carbons (Fsp3) is 0.273. The number of hydrogen-bond donors (Lipinski definition) is 3. The zero-order valence-corrected chi connectivity index (χ0v) is 9.51. The zero-order chi connectivity index (χ0) is 11.4. The number of para-hydroxylation sites is 1. The van der Waals surface area contributed by atoms with Gasteiger partial charge in [0, 0.05) is 18.7 Å². The van der Waals surface area contributed by atoms with Gasteiger partial charge in [0.1, 0.15) is 0 Å². The first-order valence-corrected chi connectivity index (χ1v) is 5.54. The maximum atomic E-state index is 11.0. The lowest BCUT2D eigenvalue weighted by Gasteiger charge is -2.14. The zero-order valence-electron chi connectivity index (χ0n) is 8.69. The summed E-state index contributed by atoms with van der Waals surface area (Å²) < 4.78 is 0. The lowest BCUT2D eigenvalue weighted by atomic mass is 10.2. The van der Waals surface area contributed by atoms with Gasteiger partial charge in [0.25, 0.3) is 0 Å². The number of anilines is 1. The predicted octanol–water partition coefficient (Wildman–Crippen LogP) is 0.862. The Morgan fingerprint density at radius 3 is 2.75 bits per heavy atom. The van der Waals surface area contributed by atoms with Gasteiger partial charge in [0.2, 0.25) is 5.91 Å². The molecule has 2 rings (SSSR count). The Bertz CT molecular complexity index is 393. The minimum atomic E-state index is 0.0695. The second kappa shape index (κ2) is 4.94. The van der Waals surface area contributed by atoms with Crippen LogP contribution in [0.25, 0.3) is 0 Å². The van der Waals surface area contributed by atoms with E-state index in [-0.39, 0.29) is 11.9 Å². The van der Waals surface area contributed by atoms with Crippen molar-refractivity contribution in [2.24, 2.45) is 0 Å². The monoisotopic (exact) mass is 235 g/mol. The number of carbonyl (C=O) groups is 1. The normalized spacial score (nSPS) is 19.0. The molecule has 1 fully saturated rings. The minimum Gasteiger partial charge on any atom is -0.357 e. The summed E-state index contributed by atoms with van der Waals surface area (Å²) in [5.41, 5.74) is 0.942. The van der Waals surface area contributed by atoms with Crippen LogP contribution in [0.2, 0.25) is 0 Å². The van der Waals surface area contributed by atoms with Gasteiger partial charge in [-0.1, -0.05) is 18.2 Å². The topological polar surface area (TPSA) is 53.2 Å². The molecule has 1 aromatic rings. The predicted molar refractivity (Wildman–Crippen MR) is 67.2 cm³/mol. The van der Waals surface area contributed by atoms with Crippen LogP contribution in [0.3, 0.4) is 0 Å². The first-order valence-electron chi connectivity index (χ1n) is 5.13. The molecule has 0 saturated carbocycles. The van der Waals surface area contributed by atoms with Crippen molar-refractivity contribution in [3.8, 4) is 0 Å². The molecule has 4 nitrogen and oxygen atoms in total. The fourth-order valence-corrected chi connectivity index (χ4v) is 1.87. The summed E-state index contributed by atoms with van der Waals surface area (Å²) in [7, 11) is 0. The number of carbonyl (C=O) groups excluding carboxylic acids is 1. The van der Waals surface area contributed by atoms with Crippen molar-refractivity contribution < 1.29 is 4.79 Å². The van der Waals surface area contributed by atoms with Crippen LogP contribution in [0.15, 0.2) is 30.3 Å². The quantitative estimate of drug-likeness (QED) is 0.666. The Hall–Kier alpha value is -1.62. The molecule has 1 aliphatic heterocycles. The van der Waals surface area contributed by atoms with E-state index < -0.39 is 0 Å². The number of hydrogen-bond acceptors (Lipinski definition) is 2. The number of thiocarbonyl (C=S) groups is 1. The summed E-state index contributed by atoms with van der Waals surface area (Å²) in [5, 5.41) is 9.46. The van der Waals surface area contributed by atoms with Gasteiger partial charge in [-0.2, -0.15) is 0 Å². The van der Waals surface area contributed by atoms with Gasteiger partial charge < -0.3 is 16.0 Å². The molecule has 0 spiro atoms. The van der Waals surface area contributed by atoms with Crippen LogP contribution >= 0.6 is 12.2 Å². The third kappa shape index (κ3) is 2.93. The summed E-state index contributed by atoms with van der Waals surface area (Å²) in [5.74, 6) is 0.0695. The molecule has 5 heteroatoms. The third-order valence-electron chi connectivity index (χ3n) is 2.34. The molecule has 0 aromatic heterocycles. The van der Waals surface area contributed by atoms with Crippen molar-refractivity contribution in [2.45, 2.75) is 12.5 Å². The molecular weight excluding hydrogens is 222 g/mol. The van der Waals surface area contributed by atoms with Gasteiger partial charge in [-0.15, -0.1) is 0 Å². The van der Waals surface area contributed by atoms with Crippen LogP contribution < -0.4 is 16.0 Å². The minimum absolute atomic E-state index is 0.0695. The van der Waals surface area contributed by atoms with Gasteiger partial charge in [-0.3, -0.25) is 4.79 Å². The smallest absolute Gasteiger partial charge is 0.222 e. The number of nitrogens with one attached hydrogen (secondary N) is 3. The van der Waals surface area contributed by atoms with E-state index in [1.54, 1.807) is 0 Å². The van der Waals surface area contributed by atoms with Crippen molar-refractivity contribution in [3.05, 3.63) is 30.3 Å². The molecule has 84 valence electrons. The molecule has 1 heterocycles. The van der Waals surface area contributed by atoms with Gasteiger partial charge in [0.15, 0.2) is 5.11 Å². The van der Waals surface area contributed by atoms with Crippen molar-refractivity contribution in [2.75, 3.05) is 11.9 Å². The summed E-state index contributed by atoms with van der Waals surface area (Å²) in [6, 6.07) is 9.78. The molecule has 1 amide bonds. The van der Waals surface area contributed by atoms with E-state index in [9.17, 15) is 4.79 Å². The van der Waals surface area contributed by atoms with Gasteiger partial charge >= 0.3 is 0 Å². The highest BCUT2D eigenvalue weighted by Crippen LogP contribution is 2.05. The maximum Gasteiger partial charge on any atom is 0.222 e. The number of rotatable bonds is 2. The van der Waals surface area contributed by atoms with Crippen LogP contribution in [0.4, 0.5) is 5.69 Å².